The van der Waals surface area contributed by atoms with Crippen molar-refractivity contribution in [3.63, 3.8) is 0 Å². The first-order valence-corrected chi connectivity index (χ1v) is 11.5. The van der Waals surface area contributed by atoms with E-state index in [0.29, 0.717) is 17.0 Å². The molecule has 2 aliphatic rings. The number of thiazole rings is 1. The van der Waals surface area contributed by atoms with Crippen LogP contribution in [0.15, 0.2) is 12.1 Å². The number of nitrogens with one attached hydrogen (secondary N) is 1. The molecule has 1 aromatic heterocycles. The molecule has 2 saturated carbocycles. The molecule has 0 saturated heterocycles. The summed E-state index contributed by atoms with van der Waals surface area (Å²) in [7, 11) is 0. The quantitative estimate of drug-likeness (QED) is 0.647. The first kappa shape index (κ1) is 17.4. The highest BCUT2D eigenvalue weighted by molar-refractivity contribution is 7.80. The van der Waals surface area contributed by atoms with Crippen molar-refractivity contribution in [3.8, 4) is 0 Å². The average Bonchev–Trinajstić information content (AvgIpc) is 3.04. The minimum atomic E-state index is -2.07. The summed E-state index contributed by atoms with van der Waals surface area (Å²) in [5.41, 5.74) is 4.05. The number of rotatable bonds is 4. The van der Waals surface area contributed by atoms with Crippen LogP contribution < -0.4 is 4.72 Å². The van der Waals surface area contributed by atoms with E-state index in [1.807, 2.05) is 0 Å². The zero-order chi connectivity index (χ0) is 17.2. The van der Waals surface area contributed by atoms with Crippen LogP contribution in [0.25, 0.3) is 10.2 Å². The predicted octanol–water partition coefficient (Wildman–Crippen LogP) is 5.94. The van der Waals surface area contributed by atoms with Gasteiger partial charge in [0, 0.05) is 0 Å². The largest absolute Gasteiger partial charge is 0.289 e. The Morgan fingerprint density at radius 1 is 1.00 bits per heavy atom. The third-order valence-electron chi connectivity index (χ3n) is 5.87. The number of anilines is 1. The van der Waals surface area contributed by atoms with E-state index >= 15 is 0 Å². The first-order chi connectivity index (χ1) is 12.2. The highest BCUT2D eigenvalue weighted by Crippen LogP contribution is 2.45. The number of hydrogen-bond donors (Lipinski definition) is 2. The lowest BCUT2D eigenvalue weighted by Gasteiger charge is -2.29. The zero-order valence-corrected chi connectivity index (χ0v) is 16.1. The molecule has 4 nitrogen and oxygen atoms in total. The molecule has 0 bridgehead atoms. The van der Waals surface area contributed by atoms with Crippen LogP contribution in [0.4, 0.5) is 5.13 Å². The molecule has 2 fully saturated rings. The third-order valence-corrected chi connectivity index (χ3v) is 7.30. The van der Waals surface area contributed by atoms with Gasteiger partial charge in [-0.1, -0.05) is 55.9 Å². The van der Waals surface area contributed by atoms with Crippen molar-refractivity contribution in [2.24, 2.45) is 0 Å². The molecule has 2 aliphatic carbocycles. The van der Waals surface area contributed by atoms with E-state index in [1.165, 1.54) is 86.7 Å². The van der Waals surface area contributed by atoms with Gasteiger partial charge in [0.2, 0.25) is 0 Å². The molecule has 1 aromatic carbocycles. The second-order valence-electron chi connectivity index (χ2n) is 7.46. The molecular weight excluding hydrogens is 352 g/mol. The summed E-state index contributed by atoms with van der Waals surface area (Å²) in [6.07, 6.45) is 13.1. The summed E-state index contributed by atoms with van der Waals surface area (Å²) in [4.78, 5) is 4.74. The maximum Gasteiger partial charge on any atom is 0.260 e. The van der Waals surface area contributed by atoms with Crippen LogP contribution >= 0.6 is 11.3 Å². The Bertz CT molecular complexity index is 762. The molecular formula is C19H26N2O2S2. The van der Waals surface area contributed by atoms with E-state index in [1.54, 1.807) is 0 Å². The molecule has 1 atom stereocenters. The molecule has 2 N–H and O–H groups in total. The molecule has 1 unspecified atom stereocenters. The second kappa shape index (κ2) is 7.72. The van der Waals surface area contributed by atoms with Crippen LogP contribution in [0.2, 0.25) is 0 Å². The van der Waals surface area contributed by atoms with E-state index < -0.39 is 11.3 Å². The number of fused-ring (bicyclic) bond motifs is 1. The lowest BCUT2D eigenvalue weighted by atomic mass is 9.75. The van der Waals surface area contributed by atoms with E-state index in [2.05, 4.69) is 16.9 Å². The SMILES string of the molecule is O=S(O)Nc1nc2c(C3CCCCC3)c(C3CCCCC3)ccc2s1. The Kier molecular flexibility index (Phi) is 5.39. The first-order valence-electron chi connectivity index (χ1n) is 9.53. The van der Waals surface area contributed by atoms with Crippen LogP contribution in [0, 0.1) is 0 Å². The highest BCUT2D eigenvalue weighted by atomic mass is 32.2. The maximum atomic E-state index is 11.1. The van der Waals surface area contributed by atoms with Gasteiger partial charge < -0.3 is 0 Å². The van der Waals surface area contributed by atoms with Gasteiger partial charge in [-0.25, -0.2) is 9.19 Å². The molecule has 1 heterocycles. The third kappa shape index (κ3) is 3.76. The fourth-order valence-electron chi connectivity index (χ4n) is 4.74. The van der Waals surface area contributed by atoms with Gasteiger partial charge in [-0.05, 0) is 54.7 Å². The Morgan fingerprint density at radius 2 is 1.64 bits per heavy atom. The van der Waals surface area contributed by atoms with Crippen molar-refractivity contribution in [2.75, 3.05) is 4.72 Å². The molecule has 0 spiro atoms. The molecule has 6 heteroatoms. The van der Waals surface area contributed by atoms with Gasteiger partial charge in [0.1, 0.15) is 0 Å². The van der Waals surface area contributed by atoms with Crippen LogP contribution in [0.5, 0.6) is 0 Å². The summed E-state index contributed by atoms with van der Waals surface area (Å²) in [5, 5.41) is 0.550. The van der Waals surface area contributed by atoms with E-state index in [0.717, 1.165) is 10.2 Å². The van der Waals surface area contributed by atoms with E-state index in [-0.39, 0.29) is 0 Å². The Hall–Kier alpha value is -0.980. The number of benzene rings is 1. The molecule has 0 amide bonds. The molecule has 25 heavy (non-hydrogen) atoms. The van der Waals surface area contributed by atoms with Gasteiger partial charge in [-0.2, -0.15) is 0 Å². The van der Waals surface area contributed by atoms with Gasteiger partial charge in [0.15, 0.2) is 5.13 Å². The minimum Gasteiger partial charge on any atom is -0.289 e. The smallest absolute Gasteiger partial charge is 0.260 e. The summed E-state index contributed by atoms with van der Waals surface area (Å²) in [6, 6.07) is 4.51. The topological polar surface area (TPSA) is 62.2 Å². The van der Waals surface area contributed by atoms with Gasteiger partial charge >= 0.3 is 0 Å². The Labute approximate surface area is 155 Å². The summed E-state index contributed by atoms with van der Waals surface area (Å²) < 4.78 is 23.9. The maximum absolute atomic E-state index is 11.1. The normalized spacial score (nSPS) is 21.5. The van der Waals surface area contributed by atoms with Crippen molar-refractivity contribution in [2.45, 2.75) is 76.0 Å². The molecule has 0 radical (unpaired) electrons. The zero-order valence-electron chi connectivity index (χ0n) is 14.5. The second-order valence-corrected chi connectivity index (χ2v) is 9.19. The van der Waals surface area contributed by atoms with E-state index in [9.17, 15) is 4.21 Å². The minimum absolute atomic E-state index is 0.550. The molecule has 4 rings (SSSR count). The van der Waals surface area contributed by atoms with Crippen molar-refractivity contribution in [1.82, 2.24) is 4.98 Å². The van der Waals surface area contributed by atoms with Gasteiger partial charge in [0.25, 0.3) is 11.3 Å². The van der Waals surface area contributed by atoms with Crippen molar-refractivity contribution in [1.29, 1.82) is 0 Å². The highest BCUT2D eigenvalue weighted by Gasteiger charge is 2.27. The van der Waals surface area contributed by atoms with Crippen LogP contribution in [-0.4, -0.2) is 13.7 Å². The van der Waals surface area contributed by atoms with Crippen LogP contribution in [-0.2, 0) is 11.3 Å². The summed E-state index contributed by atoms with van der Waals surface area (Å²) in [6.45, 7) is 0. The standard InChI is InChI=1S/C19H26N2O2S2/c22-25(23)21-19-20-18-16(24-19)12-11-15(13-7-3-1-4-8-13)17(18)14-9-5-2-6-10-14/h11-14H,1-10H2,(H,20,21)(H,22,23). The van der Waals surface area contributed by atoms with Gasteiger partial charge in [-0.3, -0.25) is 9.27 Å². The lowest BCUT2D eigenvalue weighted by molar-refractivity contribution is 0.420. The average molecular weight is 379 g/mol. The van der Waals surface area contributed by atoms with Crippen molar-refractivity contribution >= 4 is 38.0 Å². The molecule has 2 aromatic rings. The van der Waals surface area contributed by atoms with Crippen molar-refractivity contribution in [3.05, 3.63) is 23.3 Å². The fourth-order valence-corrected chi connectivity index (χ4v) is 6.05. The monoisotopic (exact) mass is 378 g/mol. The predicted molar refractivity (Wildman–Crippen MR) is 106 cm³/mol. The summed E-state index contributed by atoms with van der Waals surface area (Å²) >= 11 is -0.582. The Morgan fingerprint density at radius 3 is 2.28 bits per heavy atom. The number of aromatic nitrogens is 1. The van der Waals surface area contributed by atoms with E-state index in [4.69, 9.17) is 9.54 Å². The fraction of sp³-hybridized carbons (Fsp3) is 0.632. The van der Waals surface area contributed by atoms with Crippen molar-refractivity contribution < 1.29 is 8.76 Å². The lowest BCUT2D eigenvalue weighted by Crippen LogP contribution is -2.13. The van der Waals surface area contributed by atoms with Gasteiger partial charge in [0.05, 0.1) is 10.2 Å². The number of nitrogens with zero attached hydrogens (tertiary/aromatic N) is 1. The molecule has 136 valence electrons. The van der Waals surface area contributed by atoms with Gasteiger partial charge in [-0.15, -0.1) is 0 Å². The summed E-state index contributed by atoms with van der Waals surface area (Å²) in [5.74, 6) is 1.27. The Balaban J connectivity index is 1.80. The number of hydrogen-bond acceptors (Lipinski definition) is 3. The van der Waals surface area contributed by atoms with Crippen LogP contribution in [0.1, 0.15) is 87.2 Å². The van der Waals surface area contributed by atoms with Crippen LogP contribution in [0.3, 0.4) is 0 Å². The molecule has 0 aliphatic heterocycles.